The maximum Gasteiger partial charge on any atom is 0.0176 e. The molecule has 0 saturated heterocycles. The first-order chi connectivity index (χ1) is 5.04. The number of hydrogen-bond donors (Lipinski definition) is 1. The fourth-order valence-corrected chi connectivity index (χ4v) is 1.93. The molecular formula is C9H19NS. The van der Waals surface area contributed by atoms with Crippen molar-refractivity contribution in [2.75, 3.05) is 14.1 Å². The fraction of sp³-hybridized carbons (Fsp3) is 1.00. The van der Waals surface area contributed by atoms with E-state index in [1.165, 1.54) is 25.7 Å². The predicted octanol–water partition coefficient (Wildman–Crippen LogP) is 2.18. The Kier molecular flexibility index (Phi) is 2.87. The van der Waals surface area contributed by atoms with Gasteiger partial charge in [-0.25, -0.2) is 0 Å². The summed E-state index contributed by atoms with van der Waals surface area (Å²) in [5.41, 5.74) is 0.444. The van der Waals surface area contributed by atoms with E-state index in [-0.39, 0.29) is 0 Å². The third-order valence-electron chi connectivity index (χ3n) is 3.11. The predicted molar refractivity (Wildman–Crippen MR) is 53.3 cm³/mol. The van der Waals surface area contributed by atoms with Crippen molar-refractivity contribution in [3.8, 4) is 0 Å². The lowest BCUT2D eigenvalue weighted by Crippen LogP contribution is -2.44. The summed E-state index contributed by atoms with van der Waals surface area (Å²) >= 11 is 4.49. The molecule has 0 heterocycles. The minimum atomic E-state index is 0.444. The standard InChI is InChI=1S/C9H19NS/c1-9(10(2)3)6-4-8(11)5-7-9/h8,11H,4-7H2,1-3H3. The second kappa shape index (κ2) is 3.36. The number of rotatable bonds is 1. The van der Waals surface area contributed by atoms with Gasteiger partial charge in [0.15, 0.2) is 0 Å². The molecular weight excluding hydrogens is 154 g/mol. The molecule has 0 atom stereocenters. The average Bonchev–Trinajstić information content (AvgIpc) is 1.95. The normalized spacial score (nSPS) is 39.5. The van der Waals surface area contributed by atoms with E-state index in [9.17, 15) is 0 Å². The molecule has 0 spiro atoms. The molecule has 1 rings (SSSR count). The van der Waals surface area contributed by atoms with Gasteiger partial charge in [0, 0.05) is 10.8 Å². The van der Waals surface area contributed by atoms with Gasteiger partial charge in [-0.1, -0.05) is 0 Å². The smallest absolute Gasteiger partial charge is 0.0176 e. The van der Waals surface area contributed by atoms with E-state index in [1.54, 1.807) is 0 Å². The quantitative estimate of drug-likeness (QED) is 0.595. The van der Waals surface area contributed by atoms with Gasteiger partial charge in [-0.3, -0.25) is 0 Å². The Labute approximate surface area is 75.6 Å². The van der Waals surface area contributed by atoms with Crippen molar-refractivity contribution in [3.63, 3.8) is 0 Å². The molecule has 1 fully saturated rings. The van der Waals surface area contributed by atoms with E-state index in [4.69, 9.17) is 0 Å². The van der Waals surface area contributed by atoms with Crippen LogP contribution in [0, 0.1) is 0 Å². The van der Waals surface area contributed by atoms with Gasteiger partial charge in [0.25, 0.3) is 0 Å². The molecule has 0 aromatic carbocycles. The van der Waals surface area contributed by atoms with E-state index >= 15 is 0 Å². The summed E-state index contributed by atoms with van der Waals surface area (Å²) in [6, 6.07) is 0. The van der Waals surface area contributed by atoms with Gasteiger partial charge in [0.1, 0.15) is 0 Å². The molecule has 1 saturated carbocycles. The van der Waals surface area contributed by atoms with Crippen molar-refractivity contribution >= 4 is 12.6 Å². The molecule has 0 aromatic heterocycles. The molecule has 1 aliphatic rings. The molecule has 0 aromatic rings. The lowest BCUT2D eigenvalue weighted by atomic mass is 9.82. The van der Waals surface area contributed by atoms with Gasteiger partial charge in [0.2, 0.25) is 0 Å². The highest BCUT2D eigenvalue weighted by atomic mass is 32.1. The molecule has 1 aliphatic carbocycles. The topological polar surface area (TPSA) is 3.24 Å². The summed E-state index contributed by atoms with van der Waals surface area (Å²) in [5, 5.41) is 0.656. The van der Waals surface area contributed by atoms with Crippen LogP contribution in [0.15, 0.2) is 0 Å². The summed E-state index contributed by atoms with van der Waals surface area (Å²) in [4.78, 5) is 2.35. The molecule has 2 heteroatoms. The van der Waals surface area contributed by atoms with Gasteiger partial charge in [0.05, 0.1) is 0 Å². The molecule has 0 amide bonds. The van der Waals surface area contributed by atoms with Gasteiger partial charge < -0.3 is 4.90 Å². The highest BCUT2D eigenvalue weighted by Crippen LogP contribution is 2.33. The number of nitrogens with zero attached hydrogens (tertiary/aromatic N) is 1. The molecule has 11 heavy (non-hydrogen) atoms. The summed E-state index contributed by atoms with van der Waals surface area (Å²) in [6.45, 7) is 2.35. The van der Waals surface area contributed by atoms with Crippen molar-refractivity contribution < 1.29 is 0 Å². The van der Waals surface area contributed by atoms with Gasteiger partial charge in [-0.05, 0) is 46.7 Å². The third kappa shape index (κ3) is 2.12. The van der Waals surface area contributed by atoms with Crippen molar-refractivity contribution in [2.24, 2.45) is 0 Å². The Morgan fingerprint density at radius 2 is 1.73 bits per heavy atom. The Morgan fingerprint density at radius 1 is 1.27 bits per heavy atom. The van der Waals surface area contributed by atoms with Crippen molar-refractivity contribution in [1.29, 1.82) is 0 Å². The Morgan fingerprint density at radius 3 is 2.09 bits per heavy atom. The summed E-state index contributed by atoms with van der Waals surface area (Å²) < 4.78 is 0. The lowest BCUT2D eigenvalue weighted by Gasteiger charge is -2.41. The SMILES string of the molecule is CN(C)C1(C)CCC(S)CC1. The minimum Gasteiger partial charge on any atom is -0.304 e. The van der Waals surface area contributed by atoms with Gasteiger partial charge in [-0.2, -0.15) is 12.6 Å². The van der Waals surface area contributed by atoms with Crippen LogP contribution in [-0.4, -0.2) is 29.8 Å². The van der Waals surface area contributed by atoms with Crippen LogP contribution < -0.4 is 0 Å². The Balaban J connectivity index is 2.48. The van der Waals surface area contributed by atoms with E-state index in [2.05, 4.69) is 38.5 Å². The molecule has 0 aliphatic heterocycles. The minimum absolute atomic E-state index is 0.444. The zero-order valence-corrected chi connectivity index (χ0v) is 8.69. The molecule has 0 unspecified atom stereocenters. The molecule has 66 valence electrons. The zero-order valence-electron chi connectivity index (χ0n) is 7.80. The monoisotopic (exact) mass is 173 g/mol. The number of hydrogen-bond acceptors (Lipinski definition) is 2. The Hall–Kier alpha value is 0.310. The molecule has 0 radical (unpaired) electrons. The van der Waals surface area contributed by atoms with Crippen molar-refractivity contribution in [3.05, 3.63) is 0 Å². The van der Waals surface area contributed by atoms with Crippen molar-refractivity contribution in [2.45, 2.75) is 43.4 Å². The van der Waals surface area contributed by atoms with Crippen LogP contribution in [-0.2, 0) is 0 Å². The lowest BCUT2D eigenvalue weighted by molar-refractivity contribution is 0.123. The van der Waals surface area contributed by atoms with Crippen LogP contribution in [0.25, 0.3) is 0 Å². The maximum absolute atomic E-state index is 4.49. The third-order valence-corrected chi connectivity index (χ3v) is 3.63. The molecule has 1 nitrogen and oxygen atoms in total. The maximum atomic E-state index is 4.49. The first-order valence-electron chi connectivity index (χ1n) is 4.40. The Bertz CT molecular complexity index is 126. The van der Waals surface area contributed by atoms with Crippen LogP contribution >= 0.6 is 12.6 Å². The van der Waals surface area contributed by atoms with Crippen LogP contribution in [0.1, 0.15) is 32.6 Å². The second-order valence-electron chi connectivity index (χ2n) is 4.12. The summed E-state index contributed by atoms with van der Waals surface area (Å²) in [6.07, 6.45) is 5.15. The fourth-order valence-electron chi connectivity index (χ4n) is 1.67. The van der Waals surface area contributed by atoms with E-state index in [1.807, 2.05) is 0 Å². The zero-order chi connectivity index (χ0) is 8.48. The highest BCUT2D eigenvalue weighted by molar-refractivity contribution is 7.80. The highest BCUT2D eigenvalue weighted by Gasteiger charge is 2.31. The van der Waals surface area contributed by atoms with Crippen LogP contribution in [0.3, 0.4) is 0 Å². The van der Waals surface area contributed by atoms with Crippen LogP contribution in [0.2, 0.25) is 0 Å². The van der Waals surface area contributed by atoms with E-state index in [0.717, 1.165) is 0 Å². The number of thiol groups is 1. The molecule has 0 N–H and O–H groups in total. The first-order valence-corrected chi connectivity index (χ1v) is 4.92. The van der Waals surface area contributed by atoms with Crippen molar-refractivity contribution in [1.82, 2.24) is 4.90 Å². The van der Waals surface area contributed by atoms with Crippen LogP contribution in [0.4, 0.5) is 0 Å². The average molecular weight is 173 g/mol. The van der Waals surface area contributed by atoms with Gasteiger partial charge in [-0.15, -0.1) is 0 Å². The largest absolute Gasteiger partial charge is 0.304 e. The first kappa shape index (κ1) is 9.40. The van der Waals surface area contributed by atoms with Gasteiger partial charge >= 0.3 is 0 Å². The summed E-state index contributed by atoms with van der Waals surface area (Å²) in [7, 11) is 4.36. The van der Waals surface area contributed by atoms with E-state index in [0.29, 0.717) is 10.8 Å². The summed E-state index contributed by atoms with van der Waals surface area (Å²) in [5.74, 6) is 0. The van der Waals surface area contributed by atoms with E-state index < -0.39 is 0 Å². The van der Waals surface area contributed by atoms with Crippen LogP contribution in [0.5, 0.6) is 0 Å². The second-order valence-corrected chi connectivity index (χ2v) is 4.85. The molecule has 0 bridgehead atoms.